The van der Waals surface area contributed by atoms with Gasteiger partial charge in [0.25, 0.3) is 0 Å². The van der Waals surface area contributed by atoms with E-state index in [1.807, 2.05) is 6.92 Å². The summed E-state index contributed by atoms with van der Waals surface area (Å²) in [6.45, 7) is 9.91. The second-order valence-corrected chi connectivity index (χ2v) is 8.47. The van der Waals surface area contributed by atoms with Crippen LogP contribution in [0.25, 0.3) is 0 Å². The molecule has 0 spiro atoms. The molecular formula is C21H36O7. The van der Waals surface area contributed by atoms with Crippen LogP contribution in [0.1, 0.15) is 60.8 Å². The van der Waals surface area contributed by atoms with Gasteiger partial charge < -0.3 is 19.7 Å². The average molecular weight is 401 g/mol. The van der Waals surface area contributed by atoms with Crippen LogP contribution in [-0.2, 0) is 23.9 Å². The Kier molecular flexibility index (Phi) is 8.78. The lowest BCUT2D eigenvalue weighted by Crippen LogP contribution is -2.53. The maximum atomic E-state index is 12.8. The van der Waals surface area contributed by atoms with Gasteiger partial charge in [-0.3, -0.25) is 14.4 Å². The Hall–Kier alpha value is -1.31. The van der Waals surface area contributed by atoms with Crippen molar-refractivity contribution in [1.29, 1.82) is 0 Å². The predicted octanol–water partition coefficient (Wildman–Crippen LogP) is 1.91. The molecule has 2 N–H and O–H groups in total. The van der Waals surface area contributed by atoms with Crippen molar-refractivity contribution in [3.8, 4) is 0 Å². The molecule has 1 heterocycles. The number of carbonyl (C=O) groups is 3. The number of hydrogen-bond donors (Lipinski definition) is 2. The fraction of sp³-hybridized carbons (Fsp3) is 0.857. The molecule has 0 saturated carbocycles. The number of cyclic esters (lactones) is 1. The third kappa shape index (κ3) is 5.39. The Morgan fingerprint density at radius 2 is 1.75 bits per heavy atom. The van der Waals surface area contributed by atoms with Gasteiger partial charge in [-0.05, 0) is 32.6 Å². The Labute approximate surface area is 167 Å². The minimum atomic E-state index is -1.81. The minimum absolute atomic E-state index is 0.116. The van der Waals surface area contributed by atoms with Gasteiger partial charge in [0.15, 0.2) is 5.78 Å². The second kappa shape index (κ2) is 9.94. The van der Waals surface area contributed by atoms with E-state index in [0.717, 1.165) is 0 Å². The van der Waals surface area contributed by atoms with Crippen LogP contribution in [0, 0.1) is 23.7 Å². The predicted molar refractivity (Wildman–Crippen MR) is 104 cm³/mol. The molecule has 162 valence electrons. The van der Waals surface area contributed by atoms with Crippen molar-refractivity contribution in [2.45, 2.75) is 84.7 Å². The molecule has 0 bridgehead atoms. The van der Waals surface area contributed by atoms with Gasteiger partial charge in [-0.15, -0.1) is 0 Å². The van der Waals surface area contributed by atoms with E-state index in [0.29, 0.717) is 6.42 Å². The van der Waals surface area contributed by atoms with Gasteiger partial charge >= 0.3 is 5.97 Å². The molecule has 7 heteroatoms. The first-order valence-electron chi connectivity index (χ1n) is 10.1. The van der Waals surface area contributed by atoms with Crippen LogP contribution in [0.4, 0.5) is 0 Å². The smallest absolute Gasteiger partial charge is 0.316 e. The van der Waals surface area contributed by atoms with Gasteiger partial charge in [0.1, 0.15) is 23.4 Å². The van der Waals surface area contributed by atoms with Gasteiger partial charge in [-0.25, -0.2) is 0 Å². The summed E-state index contributed by atoms with van der Waals surface area (Å²) in [5.41, 5.74) is -1.81. The van der Waals surface area contributed by atoms with E-state index in [4.69, 9.17) is 9.47 Å². The Morgan fingerprint density at radius 1 is 1.18 bits per heavy atom. The van der Waals surface area contributed by atoms with Crippen LogP contribution in [0.5, 0.6) is 0 Å². The SMILES string of the molecule is CC[C@H]1OC(=O)[C@H](C)C(=O)[C@H](C)[C@@H](OC)[C@@H](C)C[C@@H](C)C(=O)C[C@@H](O)[C@]1(C)O. The molecule has 0 aliphatic carbocycles. The fourth-order valence-corrected chi connectivity index (χ4v) is 4.10. The topological polar surface area (TPSA) is 110 Å². The van der Waals surface area contributed by atoms with E-state index in [2.05, 4.69) is 0 Å². The van der Waals surface area contributed by atoms with Crippen molar-refractivity contribution in [3.05, 3.63) is 0 Å². The Balaban J connectivity index is 3.30. The first-order chi connectivity index (χ1) is 12.9. The van der Waals surface area contributed by atoms with Crippen molar-refractivity contribution in [2.24, 2.45) is 23.7 Å². The van der Waals surface area contributed by atoms with Gasteiger partial charge in [-0.2, -0.15) is 0 Å². The van der Waals surface area contributed by atoms with Crippen LogP contribution in [-0.4, -0.2) is 58.8 Å². The normalized spacial score (nSPS) is 42.0. The highest BCUT2D eigenvalue weighted by atomic mass is 16.6. The molecule has 8 atom stereocenters. The first-order valence-corrected chi connectivity index (χ1v) is 10.1. The second-order valence-electron chi connectivity index (χ2n) is 8.47. The van der Waals surface area contributed by atoms with Gasteiger partial charge in [-0.1, -0.05) is 27.7 Å². The Bertz CT molecular complexity index is 571. The molecule has 0 aromatic carbocycles. The van der Waals surface area contributed by atoms with Crippen LogP contribution < -0.4 is 0 Å². The Morgan fingerprint density at radius 3 is 2.25 bits per heavy atom. The number of aliphatic hydroxyl groups excluding tert-OH is 1. The number of methoxy groups -OCH3 is 1. The third-order valence-electron chi connectivity index (χ3n) is 6.18. The van der Waals surface area contributed by atoms with Crippen LogP contribution in [0.3, 0.4) is 0 Å². The molecule has 0 unspecified atom stereocenters. The number of hydrogen-bond acceptors (Lipinski definition) is 7. The molecule has 1 rings (SSSR count). The lowest BCUT2D eigenvalue weighted by molar-refractivity contribution is -0.185. The van der Waals surface area contributed by atoms with Crippen LogP contribution >= 0.6 is 0 Å². The zero-order valence-corrected chi connectivity index (χ0v) is 18.1. The van der Waals surface area contributed by atoms with Crippen LogP contribution in [0.15, 0.2) is 0 Å². The highest BCUT2D eigenvalue weighted by Crippen LogP contribution is 2.30. The summed E-state index contributed by atoms with van der Waals surface area (Å²) in [4.78, 5) is 38.0. The zero-order valence-electron chi connectivity index (χ0n) is 18.1. The summed E-state index contributed by atoms with van der Waals surface area (Å²) in [5.74, 6) is -3.33. The van der Waals surface area contributed by atoms with E-state index in [1.54, 1.807) is 20.8 Å². The highest BCUT2D eigenvalue weighted by Gasteiger charge is 2.44. The van der Waals surface area contributed by atoms with E-state index in [-0.39, 0.29) is 36.2 Å². The van der Waals surface area contributed by atoms with E-state index in [9.17, 15) is 24.6 Å². The van der Waals surface area contributed by atoms with Gasteiger partial charge in [0.2, 0.25) is 0 Å². The van der Waals surface area contributed by atoms with E-state index < -0.39 is 41.7 Å². The minimum Gasteiger partial charge on any atom is -0.459 e. The molecule has 1 aliphatic heterocycles. The zero-order chi connectivity index (χ0) is 21.8. The van der Waals surface area contributed by atoms with Crippen LogP contribution in [0.2, 0.25) is 0 Å². The third-order valence-corrected chi connectivity index (χ3v) is 6.18. The summed E-state index contributed by atoms with van der Waals surface area (Å²) >= 11 is 0. The molecule has 7 nitrogen and oxygen atoms in total. The van der Waals surface area contributed by atoms with Gasteiger partial charge in [0, 0.05) is 25.4 Å². The monoisotopic (exact) mass is 400 g/mol. The molecule has 1 aliphatic rings. The van der Waals surface area contributed by atoms with Crippen molar-refractivity contribution in [2.75, 3.05) is 7.11 Å². The van der Waals surface area contributed by atoms with Gasteiger partial charge in [0.05, 0.1) is 12.2 Å². The summed E-state index contributed by atoms with van der Waals surface area (Å²) in [6, 6.07) is 0. The average Bonchev–Trinajstić information content (AvgIpc) is 2.63. The quantitative estimate of drug-likeness (QED) is 0.538. The maximum absolute atomic E-state index is 12.8. The molecule has 28 heavy (non-hydrogen) atoms. The number of ketones is 2. The van der Waals surface area contributed by atoms with Crippen molar-refractivity contribution >= 4 is 17.5 Å². The van der Waals surface area contributed by atoms with E-state index >= 15 is 0 Å². The molecule has 1 fully saturated rings. The number of rotatable bonds is 2. The fourth-order valence-electron chi connectivity index (χ4n) is 4.10. The highest BCUT2D eigenvalue weighted by molar-refractivity contribution is 6.00. The number of carbonyl (C=O) groups excluding carboxylic acids is 3. The largest absolute Gasteiger partial charge is 0.459 e. The molecule has 0 aromatic heterocycles. The summed E-state index contributed by atoms with van der Waals surface area (Å²) in [5, 5.41) is 21.3. The maximum Gasteiger partial charge on any atom is 0.316 e. The molecular weight excluding hydrogens is 364 g/mol. The van der Waals surface area contributed by atoms with Crippen molar-refractivity contribution < 1.29 is 34.1 Å². The standard InChI is InChI=1S/C21H36O7/c1-8-17-21(6,26)16(23)10-15(22)11(2)9-12(3)19(27-7)13(4)18(24)14(5)20(25)28-17/h11-14,16-17,19,23,26H,8-10H2,1-7H3/t11-,12+,13+,14-,16-,17-,19+,21+/m1/s1. The summed E-state index contributed by atoms with van der Waals surface area (Å²) in [7, 11) is 1.51. The summed E-state index contributed by atoms with van der Waals surface area (Å²) in [6.07, 6.45) is -2.41. The number of ether oxygens (including phenoxy) is 2. The number of Topliss-reactive ketones (excluding diaryl/α,β-unsaturated/α-hetero) is 2. The molecule has 1 saturated heterocycles. The lowest BCUT2D eigenvalue weighted by atomic mass is 9.79. The first kappa shape index (κ1) is 24.7. The molecule has 0 radical (unpaired) electrons. The lowest BCUT2D eigenvalue weighted by Gasteiger charge is -2.37. The van der Waals surface area contributed by atoms with E-state index in [1.165, 1.54) is 21.0 Å². The summed E-state index contributed by atoms with van der Waals surface area (Å²) < 4.78 is 10.9. The number of esters is 1. The number of aliphatic hydroxyl groups is 2. The molecule has 0 amide bonds. The van der Waals surface area contributed by atoms with Crippen molar-refractivity contribution in [3.63, 3.8) is 0 Å². The molecule has 0 aromatic rings. The van der Waals surface area contributed by atoms with Crippen molar-refractivity contribution in [1.82, 2.24) is 0 Å².